The second kappa shape index (κ2) is 3.47. The molecule has 2 aliphatic rings. The number of likely N-dealkylation sites (N-methyl/N-ethyl adjacent to an activating group) is 1. The molecule has 1 heterocycles. The van der Waals surface area contributed by atoms with Gasteiger partial charge in [-0.25, -0.2) is 0 Å². The van der Waals surface area contributed by atoms with Gasteiger partial charge in [-0.1, -0.05) is 0 Å². The lowest BCUT2D eigenvalue weighted by Gasteiger charge is -2.45. The maximum absolute atomic E-state index is 5.87. The zero-order chi connectivity index (χ0) is 10.3. The maximum atomic E-state index is 5.87. The van der Waals surface area contributed by atoms with Crippen molar-refractivity contribution in [2.75, 3.05) is 26.7 Å². The molecule has 14 heavy (non-hydrogen) atoms. The minimum Gasteiger partial charge on any atom is -0.329 e. The van der Waals surface area contributed by atoms with Crippen LogP contribution in [-0.2, 0) is 0 Å². The number of nitrogens with zero attached hydrogens (tertiary/aromatic N) is 2. The van der Waals surface area contributed by atoms with Crippen LogP contribution < -0.4 is 5.73 Å². The number of hydrogen-bond donors (Lipinski definition) is 1. The maximum Gasteiger partial charge on any atom is 0.0334 e. The Morgan fingerprint density at radius 2 is 1.71 bits per heavy atom. The van der Waals surface area contributed by atoms with Crippen LogP contribution in [0.15, 0.2) is 0 Å². The van der Waals surface area contributed by atoms with Gasteiger partial charge in [0.15, 0.2) is 0 Å². The first-order valence-electron chi connectivity index (χ1n) is 5.76. The molecule has 3 heteroatoms. The fraction of sp³-hybridized carbons (Fsp3) is 1.00. The zero-order valence-corrected chi connectivity index (χ0v) is 9.66. The Labute approximate surface area is 87.2 Å². The quantitative estimate of drug-likeness (QED) is 0.700. The molecule has 3 nitrogen and oxygen atoms in total. The molecular weight excluding hydrogens is 174 g/mol. The first kappa shape index (κ1) is 10.4. The van der Waals surface area contributed by atoms with Crippen LogP contribution in [0.5, 0.6) is 0 Å². The van der Waals surface area contributed by atoms with Gasteiger partial charge in [0.05, 0.1) is 0 Å². The highest BCUT2D eigenvalue weighted by Gasteiger charge is 2.48. The molecule has 0 aromatic carbocycles. The fourth-order valence-corrected chi connectivity index (χ4v) is 2.59. The van der Waals surface area contributed by atoms with E-state index in [0.717, 1.165) is 6.54 Å². The Hall–Kier alpha value is -0.120. The standard InChI is InChI=1S/C11H23N3/c1-9-6-14(7-10(2)13(9)3)11(8-12)4-5-11/h9-10H,4-8,12H2,1-3H3. The Kier molecular flexibility index (Phi) is 2.58. The second-order valence-corrected chi connectivity index (χ2v) is 5.20. The molecule has 0 bridgehead atoms. The predicted octanol–water partition coefficient (Wildman–Crippen LogP) is 0.502. The van der Waals surface area contributed by atoms with Crippen LogP contribution in [0.25, 0.3) is 0 Å². The Bertz CT molecular complexity index is 201. The van der Waals surface area contributed by atoms with E-state index in [0.29, 0.717) is 17.6 Å². The molecule has 1 saturated heterocycles. The summed E-state index contributed by atoms with van der Waals surface area (Å²) in [5.74, 6) is 0. The Morgan fingerprint density at radius 3 is 2.07 bits per heavy atom. The third-order valence-electron chi connectivity index (χ3n) is 4.24. The monoisotopic (exact) mass is 197 g/mol. The topological polar surface area (TPSA) is 32.5 Å². The van der Waals surface area contributed by atoms with Gasteiger partial charge in [0.1, 0.15) is 0 Å². The first-order valence-corrected chi connectivity index (χ1v) is 5.76. The Balaban J connectivity index is 2.02. The van der Waals surface area contributed by atoms with E-state index >= 15 is 0 Å². The molecule has 1 aliphatic carbocycles. The molecule has 2 rings (SSSR count). The van der Waals surface area contributed by atoms with E-state index < -0.39 is 0 Å². The molecule has 2 N–H and O–H groups in total. The van der Waals surface area contributed by atoms with Crippen LogP contribution in [0.4, 0.5) is 0 Å². The van der Waals surface area contributed by atoms with Crippen LogP contribution in [0, 0.1) is 0 Å². The highest BCUT2D eigenvalue weighted by atomic mass is 15.3. The van der Waals surface area contributed by atoms with Gasteiger partial charge < -0.3 is 5.73 Å². The van der Waals surface area contributed by atoms with Gasteiger partial charge in [-0.05, 0) is 33.7 Å². The van der Waals surface area contributed by atoms with E-state index in [9.17, 15) is 0 Å². The van der Waals surface area contributed by atoms with Crippen molar-refractivity contribution in [2.45, 2.75) is 44.3 Å². The van der Waals surface area contributed by atoms with E-state index in [4.69, 9.17) is 5.73 Å². The summed E-state index contributed by atoms with van der Waals surface area (Å²) in [7, 11) is 2.23. The van der Waals surface area contributed by atoms with Crippen molar-refractivity contribution in [3.8, 4) is 0 Å². The lowest BCUT2D eigenvalue weighted by atomic mass is 10.1. The third-order valence-corrected chi connectivity index (χ3v) is 4.24. The van der Waals surface area contributed by atoms with E-state index in [-0.39, 0.29) is 0 Å². The van der Waals surface area contributed by atoms with Crippen molar-refractivity contribution in [3.63, 3.8) is 0 Å². The molecule has 2 atom stereocenters. The first-order chi connectivity index (χ1) is 6.59. The molecule has 0 aromatic heterocycles. The van der Waals surface area contributed by atoms with Crippen LogP contribution >= 0.6 is 0 Å². The second-order valence-electron chi connectivity index (χ2n) is 5.20. The highest BCUT2D eigenvalue weighted by molar-refractivity contribution is 5.07. The van der Waals surface area contributed by atoms with Gasteiger partial charge in [-0.3, -0.25) is 9.80 Å². The van der Waals surface area contributed by atoms with Gasteiger partial charge in [0.2, 0.25) is 0 Å². The van der Waals surface area contributed by atoms with E-state index in [1.54, 1.807) is 0 Å². The number of rotatable bonds is 2. The van der Waals surface area contributed by atoms with Crippen LogP contribution in [0.3, 0.4) is 0 Å². The lowest BCUT2D eigenvalue weighted by molar-refractivity contribution is 0.0275. The van der Waals surface area contributed by atoms with Crippen LogP contribution in [0.2, 0.25) is 0 Å². The van der Waals surface area contributed by atoms with Gasteiger partial charge in [0, 0.05) is 37.3 Å². The molecule has 0 spiro atoms. The van der Waals surface area contributed by atoms with Crippen molar-refractivity contribution in [3.05, 3.63) is 0 Å². The van der Waals surface area contributed by atoms with Crippen molar-refractivity contribution >= 4 is 0 Å². The summed E-state index contributed by atoms with van der Waals surface area (Å²) in [5.41, 5.74) is 6.26. The molecule has 0 aromatic rings. The summed E-state index contributed by atoms with van der Waals surface area (Å²) in [5, 5.41) is 0. The van der Waals surface area contributed by atoms with E-state index in [1.807, 2.05) is 0 Å². The minimum atomic E-state index is 0.393. The van der Waals surface area contributed by atoms with Gasteiger partial charge in [-0.2, -0.15) is 0 Å². The van der Waals surface area contributed by atoms with Crippen molar-refractivity contribution in [2.24, 2.45) is 5.73 Å². The molecule has 0 radical (unpaired) electrons. The number of piperazine rings is 1. The molecule has 2 unspecified atom stereocenters. The highest BCUT2D eigenvalue weighted by Crippen LogP contribution is 2.42. The van der Waals surface area contributed by atoms with Crippen LogP contribution in [0.1, 0.15) is 26.7 Å². The van der Waals surface area contributed by atoms with Gasteiger partial charge >= 0.3 is 0 Å². The van der Waals surface area contributed by atoms with Crippen molar-refractivity contribution in [1.29, 1.82) is 0 Å². The molecule has 2 fully saturated rings. The molecule has 82 valence electrons. The summed E-state index contributed by atoms with van der Waals surface area (Å²) in [6.07, 6.45) is 2.62. The van der Waals surface area contributed by atoms with Crippen molar-refractivity contribution in [1.82, 2.24) is 9.80 Å². The molecular formula is C11H23N3. The average Bonchev–Trinajstić information content (AvgIpc) is 2.94. The molecule has 1 saturated carbocycles. The normalized spacial score (nSPS) is 38.6. The largest absolute Gasteiger partial charge is 0.329 e. The van der Waals surface area contributed by atoms with Crippen LogP contribution in [-0.4, -0.2) is 54.1 Å². The van der Waals surface area contributed by atoms with Gasteiger partial charge in [0.25, 0.3) is 0 Å². The third kappa shape index (κ3) is 1.58. The summed E-state index contributed by atoms with van der Waals surface area (Å²) in [6, 6.07) is 1.34. The smallest absolute Gasteiger partial charge is 0.0334 e. The molecule has 1 aliphatic heterocycles. The summed E-state index contributed by atoms with van der Waals surface area (Å²) in [4.78, 5) is 5.10. The Morgan fingerprint density at radius 1 is 1.21 bits per heavy atom. The minimum absolute atomic E-state index is 0.393. The summed E-state index contributed by atoms with van der Waals surface area (Å²) < 4.78 is 0. The molecule has 0 amide bonds. The number of nitrogens with two attached hydrogens (primary N) is 1. The van der Waals surface area contributed by atoms with E-state index in [2.05, 4.69) is 30.7 Å². The zero-order valence-electron chi connectivity index (χ0n) is 9.66. The van der Waals surface area contributed by atoms with Crippen molar-refractivity contribution < 1.29 is 0 Å². The summed E-state index contributed by atoms with van der Waals surface area (Å²) >= 11 is 0. The van der Waals surface area contributed by atoms with Gasteiger partial charge in [-0.15, -0.1) is 0 Å². The predicted molar refractivity (Wildman–Crippen MR) is 59.3 cm³/mol. The van der Waals surface area contributed by atoms with E-state index in [1.165, 1.54) is 25.9 Å². The average molecular weight is 197 g/mol. The summed E-state index contributed by atoms with van der Waals surface area (Å²) in [6.45, 7) is 7.86. The number of hydrogen-bond acceptors (Lipinski definition) is 3. The fourth-order valence-electron chi connectivity index (χ4n) is 2.59. The lowest BCUT2D eigenvalue weighted by Crippen LogP contribution is -2.59. The SMILES string of the molecule is CC1CN(C2(CN)CC2)CC(C)N1C.